The third kappa shape index (κ3) is 4.58. The SMILES string of the molecule is O=C(O)CC(OCCl)C(=O)O. The fraction of sp³-hybridized carbons (Fsp3) is 0.600. The van der Waals surface area contributed by atoms with Gasteiger partial charge in [-0.2, -0.15) is 0 Å². The second kappa shape index (κ2) is 4.92. The summed E-state index contributed by atoms with van der Waals surface area (Å²) in [5, 5.41) is 16.5. The molecule has 0 bridgehead atoms. The van der Waals surface area contributed by atoms with Crippen LogP contribution in [-0.4, -0.2) is 34.3 Å². The first-order chi connectivity index (χ1) is 5.07. The first-order valence-corrected chi connectivity index (χ1v) is 3.23. The lowest BCUT2D eigenvalue weighted by atomic mass is 10.2. The Kier molecular flexibility index (Phi) is 4.56. The summed E-state index contributed by atoms with van der Waals surface area (Å²) in [5.41, 5.74) is 0. The third-order valence-corrected chi connectivity index (χ3v) is 1.03. The molecule has 0 amide bonds. The third-order valence-electron chi connectivity index (χ3n) is 0.900. The van der Waals surface area contributed by atoms with Gasteiger partial charge in [-0.25, -0.2) is 4.79 Å². The molecule has 0 aliphatic rings. The molecule has 64 valence electrons. The standard InChI is InChI=1S/C5H7ClO5/c6-2-11-3(5(9)10)1-4(7)8/h3H,1-2H2,(H,7,8)(H,9,10). The lowest BCUT2D eigenvalue weighted by Gasteiger charge is -2.07. The van der Waals surface area contributed by atoms with Gasteiger partial charge in [0.15, 0.2) is 6.10 Å². The molecule has 0 saturated carbocycles. The van der Waals surface area contributed by atoms with Gasteiger partial charge in [0.2, 0.25) is 0 Å². The molecule has 2 N–H and O–H groups in total. The van der Waals surface area contributed by atoms with Crippen molar-refractivity contribution < 1.29 is 24.5 Å². The van der Waals surface area contributed by atoms with Crippen molar-refractivity contribution >= 4 is 23.5 Å². The first kappa shape index (κ1) is 10.2. The summed E-state index contributed by atoms with van der Waals surface area (Å²) in [7, 11) is 0. The minimum absolute atomic E-state index is 0.329. The minimum Gasteiger partial charge on any atom is -0.481 e. The summed E-state index contributed by atoms with van der Waals surface area (Å²) in [6.07, 6.45) is -1.94. The van der Waals surface area contributed by atoms with Crippen molar-refractivity contribution in [3.63, 3.8) is 0 Å². The molecule has 11 heavy (non-hydrogen) atoms. The Morgan fingerprint density at radius 2 is 2.00 bits per heavy atom. The molecule has 0 aliphatic carbocycles. The lowest BCUT2D eigenvalue weighted by Crippen LogP contribution is -2.26. The topological polar surface area (TPSA) is 83.8 Å². The van der Waals surface area contributed by atoms with Crippen LogP contribution >= 0.6 is 11.6 Å². The summed E-state index contributed by atoms with van der Waals surface area (Å²) in [5.74, 6) is -2.56. The largest absolute Gasteiger partial charge is 0.481 e. The Morgan fingerprint density at radius 1 is 1.45 bits per heavy atom. The zero-order chi connectivity index (χ0) is 8.85. The number of rotatable bonds is 5. The Hall–Kier alpha value is -0.810. The predicted octanol–water partition coefficient (Wildman–Crippen LogP) is 0.127. The number of ether oxygens (including phenoxy) is 1. The van der Waals surface area contributed by atoms with Gasteiger partial charge in [0, 0.05) is 0 Å². The molecule has 1 unspecified atom stereocenters. The molecule has 0 spiro atoms. The van der Waals surface area contributed by atoms with Crippen molar-refractivity contribution in [2.45, 2.75) is 12.5 Å². The minimum atomic E-state index is -1.36. The van der Waals surface area contributed by atoms with Gasteiger partial charge in [0.05, 0.1) is 6.42 Å². The molecule has 5 nitrogen and oxygen atoms in total. The van der Waals surface area contributed by atoms with Crippen molar-refractivity contribution in [3.8, 4) is 0 Å². The van der Waals surface area contributed by atoms with E-state index in [0.717, 1.165) is 0 Å². The average molecular weight is 183 g/mol. The van der Waals surface area contributed by atoms with E-state index in [1.807, 2.05) is 0 Å². The van der Waals surface area contributed by atoms with E-state index in [1.54, 1.807) is 0 Å². The van der Waals surface area contributed by atoms with Crippen LogP contribution in [0.15, 0.2) is 0 Å². The summed E-state index contributed by atoms with van der Waals surface area (Å²) in [6, 6.07) is -0.329. The van der Waals surface area contributed by atoms with Crippen molar-refractivity contribution in [2.75, 3.05) is 6.07 Å². The number of hydrogen-bond donors (Lipinski definition) is 2. The molecular formula is C5H7ClO5. The van der Waals surface area contributed by atoms with E-state index in [-0.39, 0.29) is 6.07 Å². The number of carbonyl (C=O) groups is 2. The number of carboxylic acid groups (broad SMARTS) is 2. The van der Waals surface area contributed by atoms with E-state index in [9.17, 15) is 9.59 Å². The van der Waals surface area contributed by atoms with Gasteiger partial charge in [-0.1, -0.05) is 11.6 Å². The Morgan fingerprint density at radius 3 is 2.27 bits per heavy atom. The Bertz CT molecular complexity index is 157. The van der Waals surface area contributed by atoms with Crippen molar-refractivity contribution in [1.82, 2.24) is 0 Å². The van der Waals surface area contributed by atoms with Crippen molar-refractivity contribution in [3.05, 3.63) is 0 Å². The highest BCUT2D eigenvalue weighted by molar-refractivity contribution is 6.17. The highest BCUT2D eigenvalue weighted by atomic mass is 35.5. The maximum Gasteiger partial charge on any atom is 0.333 e. The summed E-state index contributed by atoms with van der Waals surface area (Å²) in [6.45, 7) is 0. The van der Waals surface area contributed by atoms with Crippen LogP contribution in [0.2, 0.25) is 0 Å². The van der Waals surface area contributed by atoms with Crippen LogP contribution in [0.4, 0.5) is 0 Å². The first-order valence-electron chi connectivity index (χ1n) is 2.70. The Labute approximate surface area is 67.5 Å². The van der Waals surface area contributed by atoms with E-state index in [4.69, 9.17) is 21.8 Å². The van der Waals surface area contributed by atoms with Crippen LogP contribution in [0.3, 0.4) is 0 Å². The Balaban J connectivity index is 3.89. The molecule has 0 radical (unpaired) electrons. The quantitative estimate of drug-likeness (QED) is 0.591. The van der Waals surface area contributed by atoms with E-state index in [2.05, 4.69) is 4.74 Å². The summed E-state index contributed by atoms with van der Waals surface area (Å²) < 4.78 is 4.40. The van der Waals surface area contributed by atoms with Gasteiger partial charge in [0.25, 0.3) is 0 Å². The van der Waals surface area contributed by atoms with Crippen LogP contribution < -0.4 is 0 Å². The average Bonchev–Trinajstić information content (AvgIpc) is 1.86. The molecule has 0 aromatic heterocycles. The highest BCUT2D eigenvalue weighted by Crippen LogP contribution is 1.99. The molecule has 6 heteroatoms. The summed E-state index contributed by atoms with van der Waals surface area (Å²) >= 11 is 5.05. The number of aliphatic carboxylic acids is 2. The number of carboxylic acids is 2. The zero-order valence-corrected chi connectivity index (χ0v) is 6.24. The fourth-order valence-corrected chi connectivity index (χ4v) is 0.604. The van der Waals surface area contributed by atoms with Crippen molar-refractivity contribution in [1.29, 1.82) is 0 Å². The van der Waals surface area contributed by atoms with Crippen LogP contribution in [-0.2, 0) is 14.3 Å². The number of alkyl halides is 1. The van der Waals surface area contributed by atoms with Gasteiger partial charge in [0.1, 0.15) is 6.07 Å². The maximum atomic E-state index is 10.2. The zero-order valence-electron chi connectivity index (χ0n) is 5.49. The van der Waals surface area contributed by atoms with Crippen molar-refractivity contribution in [2.24, 2.45) is 0 Å². The molecule has 0 aromatic rings. The molecule has 0 fully saturated rings. The maximum absolute atomic E-state index is 10.2. The van der Waals surface area contributed by atoms with E-state index < -0.39 is 24.5 Å². The van der Waals surface area contributed by atoms with Crippen LogP contribution in [0.25, 0.3) is 0 Å². The van der Waals surface area contributed by atoms with Crippen LogP contribution in [0, 0.1) is 0 Å². The normalized spacial score (nSPS) is 12.5. The molecule has 0 aliphatic heterocycles. The molecule has 0 saturated heterocycles. The van der Waals surface area contributed by atoms with Gasteiger partial charge in [-0.05, 0) is 0 Å². The van der Waals surface area contributed by atoms with Gasteiger partial charge < -0.3 is 14.9 Å². The smallest absolute Gasteiger partial charge is 0.333 e. The molecule has 0 heterocycles. The van der Waals surface area contributed by atoms with Gasteiger partial charge in [-0.3, -0.25) is 4.79 Å². The number of hydrogen-bond acceptors (Lipinski definition) is 3. The van der Waals surface area contributed by atoms with E-state index >= 15 is 0 Å². The predicted molar refractivity (Wildman–Crippen MR) is 35.5 cm³/mol. The van der Waals surface area contributed by atoms with Crippen LogP contribution in [0.5, 0.6) is 0 Å². The fourth-order valence-electron chi connectivity index (χ4n) is 0.452. The second-order valence-corrected chi connectivity index (χ2v) is 1.92. The van der Waals surface area contributed by atoms with Gasteiger partial charge >= 0.3 is 11.9 Å². The number of halogens is 1. The van der Waals surface area contributed by atoms with E-state index in [1.165, 1.54) is 0 Å². The highest BCUT2D eigenvalue weighted by Gasteiger charge is 2.20. The second-order valence-electron chi connectivity index (χ2n) is 1.70. The summed E-state index contributed by atoms with van der Waals surface area (Å²) in [4.78, 5) is 20.2. The van der Waals surface area contributed by atoms with Gasteiger partial charge in [-0.15, -0.1) is 0 Å². The molecule has 0 rings (SSSR count). The molecule has 1 atom stereocenters. The lowest BCUT2D eigenvalue weighted by molar-refractivity contribution is -0.155. The van der Waals surface area contributed by atoms with Crippen LogP contribution in [0.1, 0.15) is 6.42 Å². The monoisotopic (exact) mass is 182 g/mol. The molecule has 0 aromatic carbocycles. The molecular weight excluding hydrogens is 176 g/mol. The van der Waals surface area contributed by atoms with E-state index in [0.29, 0.717) is 0 Å².